The SMILES string of the molecule is CN(CC1CCCN1C)C(=O)C1CNC1. The summed E-state index contributed by atoms with van der Waals surface area (Å²) in [7, 11) is 4.09. The zero-order valence-electron chi connectivity index (χ0n) is 9.70. The Balaban J connectivity index is 1.80. The summed E-state index contributed by atoms with van der Waals surface area (Å²) < 4.78 is 0. The Morgan fingerprint density at radius 1 is 1.53 bits per heavy atom. The van der Waals surface area contributed by atoms with Gasteiger partial charge in [0.2, 0.25) is 5.91 Å². The van der Waals surface area contributed by atoms with Crippen LogP contribution < -0.4 is 5.32 Å². The van der Waals surface area contributed by atoms with Gasteiger partial charge in [0.1, 0.15) is 0 Å². The van der Waals surface area contributed by atoms with Crippen LogP contribution in [0.3, 0.4) is 0 Å². The van der Waals surface area contributed by atoms with Gasteiger partial charge in [-0.15, -0.1) is 0 Å². The maximum atomic E-state index is 11.9. The second-order valence-corrected chi connectivity index (χ2v) is 4.85. The lowest BCUT2D eigenvalue weighted by Crippen LogP contribution is -2.52. The van der Waals surface area contributed by atoms with E-state index >= 15 is 0 Å². The van der Waals surface area contributed by atoms with E-state index in [4.69, 9.17) is 0 Å². The van der Waals surface area contributed by atoms with Gasteiger partial charge in [0, 0.05) is 32.7 Å². The molecule has 2 rings (SSSR count). The van der Waals surface area contributed by atoms with E-state index in [1.807, 2.05) is 11.9 Å². The first-order chi connectivity index (χ1) is 7.18. The molecule has 1 N–H and O–H groups in total. The second-order valence-electron chi connectivity index (χ2n) is 4.85. The summed E-state index contributed by atoms with van der Waals surface area (Å²) in [5.41, 5.74) is 0. The van der Waals surface area contributed by atoms with Gasteiger partial charge < -0.3 is 15.1 Å². The molecule has 0 saturated carbocycles. The van der Waals surface area contributed by atoms with E-state index in [1.54, 1.807) is 0 Å². The molecule has 0 bridgehead atoms. The van der Waals surface area contributed by atoms with Gasteiger partial charge in [-0.2, -0.15) is 0 Å². The second kappa shape index (κ2) is 4.49. The third kappa shape index (κ3) is 2.32. The number of likely N-dealkylation sites (N-methyl/N-ethyl adjacent to an activating group) is 2. The van der Waals surface area contributed by atoms with E-state index < -0.39 is 0 Å². The normalized spacial score (nSPS) is 27.7. The highest BCUT2D eigenvalue weighted by molar-refractivity contribution is 5.80. The van der Waals surface area contributed by atoms with Crippen molar-refractivity contribution in [3.05, 3.63) is 0 Å². The van der Waals surface area contributed by atoms with E-state index in [1.165, 1.54) is 19.4 Å². The van der Waals surface area contributed by atoms with Gasteiger partial charge in [-0.05, 0) is 26.4 Å². The van der Waals surface area contributed by atoms with E-state index in [2.05, 4.69) is 17.3 Å². The van der Waals surface area contributed by atoms with Crippen molar-refractivity contribution in [3.8, 4) is 0 Å². The van der Waals surface area contributed by atoms with Crippen LogP contribution in [-0.4, -0.2) is 62.0 Å². The van der Waals surface area contributed by atoms with Crippen LogP contribution >= 0.6 is 0 Å². The lowest BCUT2D eigenvalue weighted by atomic mass is 10.0. The van der Waals surface area contributed by atoms with Crippen LogP contribution in [0.15, 0.2) is 0 Å². The molecular weight excluding hydrogens is 190 g/mol. The molecule has 0 aromatic rings. The van der Waals surface area contributed by atoms with Crippen LogP contribution in [0.4, 0.5) is 0 Å². The standard InChI is InChI=1S/C11H21N3O/c1-13-5-3-4-10(13)8-14(2)11(15)9-6-12-7-9/h9-10,12H,3-8H2,1-2H3. The first-order valence-corrected chi connectivity index (χ1v) is 5.84. The average Bonchev–Trinajstić information content (AvgIpc) is 2.49. The van der Waals surface area contributed by atoms with Crippen LogP contribution in [0.1, 0.15) is 12.8 Å². The van der Waals surface area contributed by atoms with Gasteiger partial charge in [0.25, 0.3) is 0 Å². The van der Waals surface area contributed by atoms with Crippen LogP contribution in [0.25, 0.3) is 0 Å². The number of nitrogens with one attached hydrogen (secondary N) is 1. The molecule has 2 fully saturated rings. The summed E-state index contributed by atoms with van der Waals surface area (Å²) >= 11 is 0. The van der Waals surface area contributed by atoms with Crippen molar-refractivity contribution in [2.24, 2.45) is 5.92 Å². The van der Waals surface area contributed by atoms with Gasteiger partial charge >= 0.3 is 0 Å². The molecule has 2 aliphatic heterocycles. The molecule has 0 aromatic heterocycles. The zero-order valence-corrected chi connectivity index (χ0v) is 9.70. The van der Waals surface area contributed by atoms with Gasteiger partial charge in [-0.3, -0.25) is 4.79 Å². The molecule has 4 nitrogen and oxygen atoms in total. The van der Waals surface area contributed by atoms with Crippen LogP contribution in [0, 0.1) is 5.92 Å². The van der Waals surface area contributed by atoms with Crippen LogP contribution in [0.5, 0.6) is 0 Å². The molecular formula is C11H21N3O. The predicted molar refractivity (Wildman–Crippen MR) is 59.6 cm³/mol. The van der Waals surface area contributed by atoms with Gasteiger partial charge in [0.15, 0.2) is 0 Å². The molecule has 1 unspecified atom stereocenters. The number of carbonyl (C=O) groups is 1. The Kier molecular flexibility index (Phi) is 3.26. The number of hydrogen-bond donors (Lipinski definition) is 1. The number of carbonyl (C=O) groups excluding carboxylic acids is 1. The molecule has 15 heavy (non-hydrogen) atoms. The van der Waals surface area contributed by atoms with Crippen molar-refractivity contribution in [2.45, 2.75) is 18.9 Å². The van der Waals surface area contributed by atoms with Crippen molar-refractivity contribution in [3.63, 3.8) is 0 Å². The lowest BCUT2D eigenvalue weighted by Gasteiger charge is -2.32. The Bertz CT molecular complexity index is 240. The van der Waals surface area contributed by atoms with Gasteiger partial charge in [0.05, 0.1) is 5.92 Å². The van der Waals surface area contributed by atoms with Gasteiger partial charge in [-0.1, -0.05) is 0 Å². The summed E-state index contributed by atoms with van der Waals surface area (Å²) in [5, 5.41) is 3.14. The average molecular weight is 211 g/mol. The Labute approximate surface area is 91.6 Å². The minimum Gasteiger partial charge on any atom is -0.344 e. The summed E-state index contributed by atoms with van der Waals surface area (Å²) in [6.45, 7) is 3.80. The van der Waals surface area contributed by atoms with E-state index in [0.29, 0.717) is 11.9 Å². The highest BCUT2D eigenvalue weighted by atomic mass is 16.2. The third-order valence-electron chi connectivity index (χ3n) is 3.66. The molecule has 2 heterocycles. The number of nitrogens with zero attached hydrogens (tertiary/aromatic N) is 2. The van der Waals surface area contributed by atoms with E-state index in [-0.39, 0.29) is 5.92 Å². The van der Waals surface area contributed by atoms with Crippen molar-refractivity contribution >= 4 is 5.91 Å². The van der Waals surface area contributed by atoms with Crippen molar-refractivity contribution in [1.29, 1.82) is 0 Å². The molecule has 2 aliphatic rings. The zero-order chi connectivity index (χ0) is 10.8. The fourth-order valence-electron chi connectivity index (χ4n) is 2.39. The Morgan fingerprint density at radius 2 is 2.27 bits per heavy atom. The summed E-state index contributed by atoms with van der Waals surface area (Å²) in [6, 6.07) is 0.576. The molecule has 1 amide bonds. The van der Waals surface area contributed by atoms with E-state index in [0.717, 1.165) is 19.6 Å². The summed E-state index contributed by atoms with van der Waals surface area (Å²) in [5.74, 6) is 0.552. The summed E-state index contributed by atoms with van der Waals surface area (Å²) in [4.78, 5) is 16.2. The van der Waals surface area contributed by atoms with Crippen LogP contribution in [-0.2, 0) is 4.79 Å². The minimum atomic E-state index is 0.238. The molecule has 0 radical (unpaired) electrons. The highest BCUT2D eigenvalue weighted by Gasteiger charge is 2.30. The Hall–Kier alpha value is -0.610. The van der Waals surface area contributed by atoms with E-state index in [9.17, 15) is 4.79 Å². The summed E-state index contributed by atoms with van der Waals surface area (Å²) in [6.07, 6.45) is 2.51. The molecule has 86 valence electrons. The fourth-order valence-corrected chi connectivity index (χ4v) is 2.39. The van der Waals surface area contributed by atoms with Crippen molar-refractivity contribution in [1.82, 2.24) is 15.1 Å². The highest BCUT2D eigenvalue weighted by Crippen LogP contribution is 2.16. The Morgan fingerprint density at radius 3 is 2.73 bits per heavy atom. The smallest absolute Gasteiger partial charge is 0.228 e. The largest absolute Gasteiger partial charge is 0.344 e. The van der Waals surface area contributed by atoms with Crippen LogP contribution in [0.2, 0.25) is 0 Å². The molecule has 1 atom stereocenters. The van der Waals surface area contributed by atoms with Gasteiger partial charge in [-0.25, -0.2) is 0 Å². The topological polar surface area (TPSA) is 35.6 Å². The molecule has 0 aromatic carbocycles. The number of rotatable bonds is 3. The molecule has 0 aliphatic carbocycles. The monoisotopic (exact) mass is 211 g/mol. The molecule has 4 heteroatoms. The maximum Gasteiger partial charge on any atom is 0.228 e. The van der Waals surface area contributed by atoms with Crippen molar-refractivity contribution < 1.29 is 4.79 Å². The predicted octanol–water partition coefficient (Wildman–Crippen LogP) is -0.242. The molecule has 0 spiro atoms. The van der Waals surface area contributed by atoms with Crippen molar-refractivity contribution in [2.75, 3.05) is 40.3 Å². The third-order valence-corrected chi connectivity index (χ3v) is 3.66. The maximum absolute atomic E-state index is 11.9. The minimum absolute atomic E-state index is 0.238. The fraction of sp³-hybridized carbons (Fsp3) is 0.909. The first-order valence-electron chi connectivity index (χ1n) is 5.84. The number of likely N-dealkylation sites (tertiary alicyclic amines) is 1. The lowest BCUT2D eigenvalue weighted by molar-refractivity contribution is -0.136. The molecule has 2 saturated heterocycles. The first kappa shape index (κ1) is 10.9. The number of amides is 1. The quantitative estimate of drug-likeness (QED) is 0.700. The number of hydrogen-bond acceptors (Lipinski definition) is 3.